The van der Waals surface area contributed by atoms with Crippen LogP contribution in [0.15, 0.2) is 24.4 Å². The Morgan fingerprint density at radius 3 is 3.06 bits per heavy atom. The van der Waals surface area contributed by atoms with Gasteiger partial charge in [-0.3, -0.25) is 9.89 Å². The maximum Gasteiger partial charge on any atom is 0.293 e. The van der Waals surface area contributed by atoms with E-state index in [0.717, 1.165) is 16.5 Å². The number of nitrogens with one attached hydrogen (secondary N) is 1. The number of rotatable bonds is 4. The first-order valence-electron chi connectivity index (χ1n) is 5.14. The smallest absolute Gasteiger partial charge is 0.293 e. The van der Waals surface area contributed by atoms with Crippen molar-refractivity contribution in [1.82, 2.24) is 10.2 Å². The van der Waals surface area contributed by atoms with Crippen LogP contribution in [0.2, 0.25) is 0 Å². The quantitative estimate of drug-likeness (QED) is 0.799. The number of ether oxygens (including phenoxy) is 1. The van der Waals surface area contributed by atoms with Gasteiger partial charge in [0, 0.05) is 11.8 Å². The number of hydrogen-bond donors (Lipinski definition) is 1. The Kier molecular flexibility index (Phi) is 2.64. The van der Waals surface area contributed by atoms with Crippen molar-refractivity contribution in [2.24, 2.45) is 0 Å². The first-order chi connectivity index (χ1) is 7.61. The topological polar surface area (TPSA) is 55.0 Å². The second kappa shape index (κ2) is 3.96. The molecule has 0 fully saturated rings. The third-order valence-corrected chi connectivity index (χ3v) is 2.50. The number of hydrogen-bond acceptors (Lipinski definition) is 3. The summed E-state index contributed by atoms with van der Waals surface area (Å²) in [6.07, 6.45) is 2.47. The van der Waals surface area contributed by atoms with E-state index in [0.29, 0.717) is 12.9 Å². The van der Waals surface area contributed by atoms with Crippen molar-refractivity contribution in [2.75, 3.05) is 0 Å². The molecule has 1 aromatic heterocycles. The molecule has 0 radical (unpaired) electrons. The largest absolute Gasteiger partial charge is 0.462 e. The van der Waals surface area contributed by atoms with Crippen molar-refractivity contribution in [3.8, 4) is 0 Å². The molecular formula is C12H14N2O2. The van der Waals surface area contributed by atoms with Crippen LogP contribution in [0.25, 0.3) is 10.9 Å². The summed E-state index contributed by atoms with van der Waals surface area (Å²) in [5.74, 6) is 0. The maximum absolute atomic E-state index is 10.3. The highest BCUT2D eigenvalue weighted by molar-refractivity contribution is 5.78. The monoisotopic (exact) mass is 218 g/mol. The van der Waals surface area contributed by atoms with E-state index in [-0.39, 0.29) is 0 Å². The van der Waals surface area contributed by atoms with Crippen molar-refractivity contribution in [1.29, 1.82) is 0 Å². The molecule has 0 amide bonds. The lowest BCUT2D eigenvalue weighted by molar-refractivity contribution is -0.140. The average molecular weight is 218 g/mol. The SMILES string of the molecule is CC(C)(Cc1ccc2cn[nH]c2c1)OC=O. The first kappa shape index (κ1) is 10.7. The summed E-state index contributed by atoms with van der Waals surface area (Å²) in [7, 11) is 0. The van der Waals surface area contributed by atoms with Crippen LogP contribution in [0.1, 0.15) is 19.4 Å². The number of aromatic nitrogens is 2. The van der Waals surface area contributed by atoms with E-state index in [4.69, 9.17) is 4.74 Å². The molecule has 2 rings (SSSR count). The summed E-state index contributed by atoms with van der Waals surface area (Å²) in [5, 5.41) is 7.96. The number of H-pyrrole nitrogens is 1. The molecule has 0 aliphatic carbocycles. The van der Waals surface area contributed by atoms with E-state index in [1.54, 1.807) is 6.20 Å². The Morgan fingerprint density at radius 2 is 2.31 bits per heavy atom. The fourth-order valence-electron chi connectivity index (χ4n) is 1.76. The van der Waals surface area contributed by atoms with Gasteiger partial charge in [-0.1, -0.05) is 12.1 Å². The van der Waals surface area contributed by atoms with Crippen LogP contribution in [0, 0.1) is 0 Å². The van der Waals surface area contributed by atoms with Crippen molar-refractivity contribution >= 4 is 17.4 Å². The van der Waals surface area contributed by atoms with Crippen LogP contribution in [-0.4, -0.2) is 22.3 Å². The van der Waals surface area contributed by atoms with E-state index in [1.807, 2.05) is 32.0 Å². The van der Waals surface area contributed by atoms with E-state index < -0.39 is 5.60 Å². The molecule has 16 heavy (non-hydrogen) atoms. The zero-order chi connectivity index (χ0) is 11.6. The van der Waals surface area contributed by atoms with Crippen LogP contribution in [0.5, 0.6) is 0 Å². The highest BCUT2D eigenvalue weighted by Gasteiger charge is 2.19. The van der Waals surface area contributed by atoms with Crippen LogP contribution in [0.4, 0.5) is 0 Å². The number of benzene rings is 1. The van der Waals surface area contributed by atoms with Gasteiger partial charge in [0.15, 0.2) is 0 Å². The summed E-state index contributed by atoms with van der Waals surface area (Å²) in [6, 6.07) is 6.05. The summed E-state index contributed by atoms with van der Waals surface area (Å²) < 4.78 is 5.02. The maximum atomic E-state index is 10.3. The number of fused-ring (bicyclic) bond motifs is 1. The highest BCUT2D eigenvalue weighted by Crippen LogP contribution is 2.19. The van der Waals surface area contributed by atoms with Gasteiger partial charge >= 0.3 is 0 Å². The van der Waals surface area contributed by atoms with Gasteiger partial charge in [0.1, 0.15) is 5.60 Å². The predicted octanol–water partition coefficient (Wildman–Crippen LogP) is 2.06. The van der Waals surface area contributed by atoms with Gasteiger partial charge in [-0.15, -0.1) is 0 Å². The van der Waals surface area contributed by atoms with Gasteiger partial charge in [0.05, 0.1) is 11.7 Å². The van der Waals surface area contributed by atoms with E-state index in [2.05, 4.69) is 10.2 Å². The first-order valence-corrected chi connectivity index (χ1v) is 5.14. The summed E-state index contributed by atoms with van der Waals surface area (Å²) in [5.41, 5.74) is 1.64. The van der Waals surface area contributed by atoms with Crippen LogP contribution >= 0.6 is 0 Å². The highest BCUT2D eigenvalue weighted by atomic mass is 16.5. The number of aromatic amines is 1. The van der Waals surface area contributed by atoms with E-state index >= 15 is 0 Å². The van der Waals surface area contributed by atoms with Crippen LogP contribution < -0.4 is 0 Å². The van der Waals surface area contributed by atoms with Gasteiger partial charge in [-0.25, -0.2) is 0 Å². The molecule has 1 heterocycles. The molecule has 0 saturated heterocycles. The van der Waals surface area contributed by atoms with Crippen molar-refractivity contribution in [3.63, 3.8) is 0 Å². The molecule has 2 aromatic rings. The van der Waals surface area contributed by atoms with Gasteiger partial charge < -0.3 is 4.74 Å². The second-order valence-corrected chi connectivity index (χ2v) is 4.44. The minimum atomic E-state index is -0.477. The molecule has 4 heteroatoms. The van der Waals surface area contributed by atoms with Crippen LogP contribution in [-0.2, 0) is 16.0 Å². The minimum Gasteiger partial charge on any atom is -0.462 e. The van der Waals surface area contributed by atoms with Gasteiger partial charge in [0.25, 0.3) is 6.47 Å². The number of nitrogens with zero attached hydrogens (tertiary/aromatic N) is 1. The number of carbonyl (C=O) groups is 1. The molecule has 0 bridgehead atoms. The molecule has 84 valence electrons. The molecule has 1 N–H and O–H groups in total. The Balaban J connectivity index is 2.23. The van der Waals surface area contributed by atoms with E-state index in [1.165, 1.54) is 0 Å². The molecule has 0 unspecified atom stereocenters. The fourth-order valence-corrected chi connectivity index (χ4v) is 1.76. The molecule has 0 saturated carbocycles. The summed E-state index contributed by atoms with van der Waals surface area (Å²) in [6.45, 7) is 4.27. The molecule has 4 nitrogen and oxygen atoms in total. The molecular weight excluding hydrogens is 204 g/mol. The summed E-state index contributed by atoms with van der Waals surface area (Å²) in [4.78, 5) is 10.3. The third-order valence-electron chi connectivity index (χ3n) is 2.50. The van der Waals surface area contributed by atoms with Gasteiger partial charge in [0.2, 0.25) is 0 Å². The lowest BCUT2D eigenvalue weighted by atomic mass is 9.98. The standard InChI is InChI=1S/C12H14N2O2/c1-12(2,16-8-15)6-9-3-4-10-7-13-14-11(10)5-9/h3-5,7-8H,6H2,1-2H3,(H,13,14). The lowest BCUT2D eigenvalue weighted by Gasteiger charge is -2.22. The lowest BCUT2D eigenvalue weighted by Crippen LogP contribution is -2.26. The molecule has 0 aliphatic heterocycles. The second-order valence-electron chi connectivity index (χ2n) is 4.44. The fraction of sp³-hybridized carbons (Fsp3) is 0.333. The van der Waals surface area contributed by atoms with Crippen molar-refractivity contribution in [2.45, 2.75) is 25.9 Å². The Bertz CT molecular complexity index is 502. The zero-order valence-electron chi connectivity index (χ0n) is 9.36. The Morgan fingerprint density at radius 1 is 1.50 bits per heavy atom. The van der Waals surface area contributed by atoms with Crippen LogP contribution in [0.3, 0.4) is 0 Å². The van der Waals surface area contributed by atoms with Crippen molar-refractivity contribution < 1.29 is 9.53 Å². The molecule has 0 atom stereocenters. The average Bonchev–Trinajstić information content (AvgIpc) is 2.63. The van der Waals surface area contributed by atoms with Gasteiger partial charge in [-0.2, -0.15) is 5.10 Å². The van der Waals surface area contributed by atoms with Crippen molar-refractivity contribution in [3.05, 3.63) is 30.0 Å². The molecule has 0 aliphatic rings. The predicted molar refractivity (Wildman–Crippen MR) is 61.0 cm³/mol. The summed E-state index contributed by atoms with van der Waals surface area (Å²) >= 11 is 0. The Hall–Kier alpha value is -1.84. The minimum absolute atomic E-state index is 0.477. The van der Waals surface area contributed by atoms with Gasteiger partial charge in [-0.05, 0) is 25.5 Å². The normalized spacial score (nSPS) is 11.6. The molecule has 1 aromatic carbocycles. The zero-order valence-corrected chi connectivity index (χ0v) is 9.36. The number of carbonyl (C=O) groups excluding carboxylic acids is 1. The van der Waals surface area contributed by atoms with E-state index in [9.17, 15) is 4.79 Å². The third kappa shape index (κ3) is 2.21. The molecule has 0 spiro atoms. The Labute approximate surface area is 93.6 Å².